The lowest BCUT2D eigenvalue weighted by Crippen LogP contribution is -2.30. The molecule has 0 aliphatic heterocycles. The molecule has 100 valence electrons. The summed E-state index contributed by atoms with van der Waals surface area (Å²) in [6.07, 6.45) is 4.53. The van der Waals surface area contributed by atoms with Gasteiger partial charge in [-0.1, -0.05) is 12.8 Å². The van der Waals surface area contributed by atoms with Crippen molar-refractivity contribution in [3.8, 4) is 0 Å². The van der Waals surface area contributed by atoms with Crippen molar-refractivity contribution in [3.05, 3.63) is 11.9 Å². The van der Waals surface area contributed by atoms with E-state index in [0.29, 0.717) is 11.6 Å². The van der Waals surface area contributed by atoms with Crippen LogP contribution in [0.1, 0.15) is 31.5 Å². The molecule has 1 aromatic heterocycles. The largest absolute Gasteiger partial charge is 0.396 e. The quantitative estimate of drug-likeness (QED) is 0.461. The lowest BCUT2D eigenvalue weighted by molar-refractivity contribution is 0.142. The molecule has 6 nitrogen and oxygen atoms in total. The Morgan fingerprint density at radius 2 is 2.00 bits per heavy atom. The zero-order chi connectivity index (χ0) is 13.0. The molecule has 0 amide bonds. The molecule has 1 aromatic rings. The molecule has 0 saturated heterocycles. The third kappa shape index (κ3) is 2.88. The molecule has 1 fully saturated rings. The summed E-state index contributed by atoms with van der Waals surface area (Å²) < 4.78 is 0. The fourth-order valence-corrected chi connectivity index (χ4v) is 2.53. The van der Waals surface area contributed by atoms with Gasteiger partial charge >= 0.3 is 0 Å². The second-order valence-electron chi connectivity index (χ2n) is 5.05. The van der Waals surface area contributed by atoms with E-state index in [1.54, 1.807) is 6.07 Å². The smallest absolute Gasteiger partial charge is 0.145 e. The van der Waals surface area contributed by atoms with Gasteiger partial charge in [-0.05, 0) is 19.8 Å². The topological polar surface area (TPSA) is 96.1 Å². The maximum atomic E-state index is 9.54. The molecular formula is C12H21N5O. The minimum Gasteiger partial charge on any atom is -0.396 e. The molecule has 0 spiro atoms. The SMILES string of the molecule is Cc1nc(NN)cc(NCC2(CO)CCCC2)n1. The van der Waals surface area contributed by atoms with Gasteiger partial charge in [-0.2, -0.15) is 0 Å². The van der Waals surface area contributed by atoms with Crippen molar-refractivity contribution in [2.45, 2.75) is 32.6 Å². The summed E-state index contributed by atoms with van der Waals surface area (Å²) in [5, 5.41) is 12.8. The Kier molecular flexibility index (Phi) is 3.98. The van der Waals surface area contributed by atoms with Gasteiger partial charge < -0.3 is 15.8 Å². The van der Waals surface area contributed by atoms with Crippen LogP contribution in [0.5, 0.6) is 0 Å². The highest BCUT2D eigenvalue weighted by molar-refractivity contribution is 5.46. The van der Waals surface area contributed by atoms with Crippen LogP contribution in [0.15, 0.2) is 6.07 Å². The van der Waals surface area contributed by atoms with Gasteiger partial charge in [-0.25, -0.2) is 15.8 Å². The summed E-state index contributed by atoms with van der Waals surface area (Å²) >= 11 is 0. The second kappa shape index (κ2) is 5.49. The standard InChI is InChI=1S/C12H21N5O/c1-9-15-10(6-11(16-9)17-13)14-7-12(8-18)4-2-3-5-12/h6,18H,2-5,7-8,13H2,1H3,(H2,14,15,16,17). The monoisotopic (exact) mass is 251 g/mol. The van der Waals surface area contributed by atoms with Gasteiger partial charge in [0, 0.05) is 18.0 Å². The van der Waals surface area contributed by atoms with Crippen LogP contribution < -0.4 is 16.6 Å². The number of aromatic nitrogens is 2. The first kappa shape index (κ1) is 13.0. The van der Waals surface area contributed by atoms with Crippen LogP contribution in [0.2, 0.25) is 0 Å². The Morgan fingerprint density at radius 3 is 2.61 bits per heavy atom. The van der Waals surface area contributed by atoms with Crippen molar-refractivity contribution >= 4 is 11.6 Å². The molecule has 1 aliphatic rings. The third-order valence-electron chi connectivity index (χ3n) is 3.63. The van der Waals surface area contributed by atoms with Gasteiger partial charge in [0.05, 0.1) is 6.61 Å². The third-order valence-corrected chi connectivity index (χ3v) is 3.63. The molecule has 1 aliphatic carbocycles. The predicted molar refractivity (Wildman–Crippen MR) is 71.1 cm³/mol. The number of aliphatic hydroxyl groups is 1. The van der Waals surface area contributed by atoms with Gasteiger partial charge in [0.2, 0.25) is 0 Å². The Labute approximate surface area is 107 Å². The van der Waals surface area contributed by atoms with E-state index < -0.39 is 0 Å². The number of hydrogen-bond donors (Lipinski definition) is 4. The molecule has 1 heterocycles. The molecule has 0 aromatic carbocycles. The van der Waals surface area contributed by atoms with E-state index in [1.807, 2.05) is 6.92 Å². The van der Waals surface area contributed by atoms with Crippen LogP contribution in [0.25, 0.3) is 0 Å². The number of nitrogens with two attached hydrogens (primary N) is 1. The molecule has 0 unspecified atom stereocenters. The lowest BCUT2D eigenvalue weighted by Gasteiger charge is -2.26. The normalized spacial score (nSPS) is 17.7. The Hall–Kier alpha value is -1.40. The van der Waals surface area contributed by atoms with E-state index >= 15 is 0 Å². The van der Waals surface area contributed by atoms with Crippen molar-refractivity contribution in [1.29, 1.82) is 0 Å². The number of nitrogens with one attached hydrogen (secondary N) is 2. The number of hydrazine groups is 1. The van der Waals surface area contributed by atoms with Crippen LogP contribution in [0, 0.1) is 12.3 Å². The average Bonchev–Trinajstić information content (AvgIpc) is 2.85. The van der Waals surface area contributed by atoms with E-state index in [1.165, 1.54) is 12.8 Å². The molecule has 0 radical (unpaired) electrons. The fourth-order valence-electron chi connectivity index (χ4n) is 2.53. The average molecular weight is 251 g/mol. The van der Waals surface area contributed by atoms with E-state index in [9.17, 15) is 5.11 Å². The first-order valence-electron chi connectivity index (χ1n) is 6.34. The van der Waals surface area contributed by atoms with E-state index in [4.69, 9.17) is 5.84 Å². The highest BCUT2D eigenvalue weighted by atomic mass is 16.3. The summed E-state index contributed by atoms with van der Waals surface area (Å²) in [6.45, 7) is 2.79. The molecule has 6 heteroatoms. The summed E-state index contributed by atoms with van der Waals surface area (Å²) in [5.74, 6) is 7.35. The van der Waals surface area contributed by atoms with Crippen LogP contribution in [-0.2, 0) is 0 Å². The zero-order valence-corrected chi connectivity index (χ0v) is 10.7. The van der Waals surface area contributed by atoms with E-state index in [2.05, 4.69) is 20.7 Å². The summed E-state index contributed by atoms with van der Waals surface area (Å²) in [4.78, 5) is 8.44. The summed E-state index contributed by atoms with van der Waals surface area (Å²) in [6, 6.07) is 1.77. The molecule has 2 rings (SSSR count). The fraction of sp³-hybridized carbons (Fsp3) is 0.667. The van der Waals surface area contributed by atoms with E-state index in [-0.39, 0.29) is 12.0 Å². The highest BCUT2D eigenvalue weighted by Gasteiger charge is 2.32. The van der Waals surface area contributed by atoms with Crippen molar-refractivity contribution in [2.24, 2.45) is 11.3 Å². The van der Waals surface area contributed by atoms with Crippen molar-refractivity contribution in [3.63, 3.8) is 0 Å². The van der Waals surface area contributed by atoms with Gasteiger partial charge in [0.15, 0.2) is 0 Å². The molecule has 5 N–H and O–H groups in total. The van der Waals surface area contributed by atoms with Crippen molar-refractivity contribution in [1.82, 2.24) is 9.97 Å². The first-order chi connectivity index (χ1) is 8.67. The van der Waals surface area contributed by atoms with Gasteiger partial charge in [-0.15, -0.1) is 0 Å². The minimum atomic E-state index is 0.00909. The van der Waals surface area contributed by atoms with Crippen LogP contribution in [0.3, 0.4) is 0 Å². The second-order valence-corrected chi connectivity index (χ2v) is 5.05. The predicted octanol–water partition coefficient (Wildman–Crippen LogP) is 1.04. The van der Waals surface area contributed by atoms with Crippen LogP contribution in [0.4, 0.5) is 11.6 Å². The maximum absolute atomic E-state index is 9.54. The Balaban J connectivity index is 2.03. The number of aliphatic hydroxyl groups excluding tert-OH is 1. The van der Waals surface area contributed by atoms with Crippen molar-refractivity contribution < 1.29 is 5.11 Å². The molecule has 1 saturated carbocycles. The van der Waals surface area contributed by atoms with Crippen LogP contribution in [-0.4, -0.2) is 28.2 Å². The van der Waals surface area contributed by atoms with Crippen LogP contribution >= 0.6 is 0 Å². The summed E-state index contributed by atoms with van der Waals surface area (Å²) in [5.41, 5.74) is 2.53. The van der Waals surface area contributed by atoms with Gasteiger partial charge in [-0.3, -0.25) is 0 Å². The zero-order valence-electron chi connectivity index (χ0n) is 10.7. The Morgan fingerprint density at radius 1 is 1.33 bits per heavy atom. The number of nitrogens with zero attached hydrogens (tertiary/aromatic N) is 2. The van der Waals surface area contributed by atoms with Gasteiger partial charge in [0.25, 0.3) is 0 Å². The minimum absolute atomic E-state index is 0.00909. The molecular weight excluding hydrogens is 230 g/mol. The van der Waals surface area contributed by atoms with Gasteiger partial charge in [0.1, 0.15) is 17.5 Å². The molecule has 0 bridgehead atoms. The van der Waals surface area contributed by atoms with Crippen molar-refractivity contribution in [2.75, 3.05) is 23.9 Å². The molecule has 18 heavy (non-hydrogen) atoms. The molecule has 0 atom stereocenters. The first-order valence-corrected chi connectivity index (χ1v) is 6.34. The number of aryl methyl sites for hydroxylation is 1. The number of nitrogen functional groups attached to an aromatic ring is 1. The summed E-state index contributed by atoms with van der Waals surface area (Å²) in [7, 11) is 0. The maximum Gasteiger partial charge on any atom is 0.145 e. The number of anilines is 2. The highest BCUT2D eigenvalue weighted by Crippen LogP contribution is 2.37. The number of rotatable bonds is 5. The number of hydrogen-bond acceptors (Lipinski definition) is 6. The lowest BCUT2D eigenvalue weighted by atomic mass is 9.87. The van der Waals surface area contributed by atoms with E-state index in [0.717, 1.165) is 25.2 Å². The Bertz CT molecular complexity index is 403.